The molecule has 0 aromatic heterocycles. The first-order valence-electron chi connectivity index (χ1n) is 6.74. The molecule has 0 saturated heterocycles. The molecule has 0 radical (unpaired) electrons. The molecule has 0 bridgehead atoms. The van der Waals surface area contributed by atoms with Gasteiger partial charge >= 0.3 is 5.97 Å². The summed E-state index contributed by atoms with van der Waals surface area (Å²) in [6, 6.07) is -1.55. The van der Waals surface area contributed by atoms with Crippen LogP contribution in [0, 0.1) is 0 Å². The fourth-order valence-corrected chi connectivity index (χ4v) is 2.99. The molecule has 0 amide bonds. The molecule has 0 aromatic rings. The highest BCUT2D eigenvalue weighted by Gasteiger charge is 2.37. The summed E-state index contributed by atoms with van der Waals surface area (Å²) < 4.78 is 35.7. The van der Waals surface area contributed by atoms with Gasteiger partial charge in [0.05, 0.1) is 31.6 Å². The summed E-state index contributed by atoms with van der Waals surface area (Å²) in [7, 11) is -2.29. The first-order chi connectivity index (χ1) is 10.3. The van der Waals surface area contributed by atoms with E-state index in [4.69, 9.17) is 10.3 Å². The van der Waals surface area contributed by atoms with Crippen molar-refractivity contribution >= 4 is 16.0 Å². The number of esters is 1. The average molecular weight is 332 g/mol. The number of carbonyl (C=O) groups excluding carboxylic acids is 1. The van der Waals surface area contributed by atoms with Crippen LogP contribution >= 0.6 is 0 Å². The van der Waals surface area contributed by atoms with E-state index in [-0.39, 0.29) is 6.42 Å². The number of hydrogen-bond acceptors (Lipinski definition) is 6. The molecule has 10 heteroatoms. The Labute approximate surface area is 129 Å². The Hall–Kier alpha value is -1.61. The monoisotopic (exact) mass is 332 g/mol. The number of sulfonamides is 1. The summed E-state index contributed by atoms with van der Waals surface area (Å²) in [5, 5.41) is 3.60. The van der Waals surface area contributed by atoms with Gasteiger partial charge in [-0.3, -0.25) is 0 Å². The quantitative estimate of drug-likeness (QED) is 0.320. The van der Waals surface area contributed by atoms with Crippen LogP contribution in [0.3, 0.4) is 0 Å². The third-order valence-electron chi connectivity index (χ3n) is 3.08. The van der Waals surface area contributed by atoms with Crippen LogP contribution < -0.4 is 4.72 Å². The van der Waals surface area contributed by atoms with Crippen molar-refractivity contribution in [2.45, 2.75) is 38.0 Å². The van der Waals surface area contributed by atoms with Crippen LogP contribution in [-0.4, -0.2) is 52.5 Å². The van der Waals surface area contributed by atoms with E-state index in [1.165, 1.54) is 13.2 Å². The molecule has 0 unspecified atom stereocenters. The van der Waals surface area contributed by atoms with E-state index >= 15 is 0 Å². The van der Waals surface area contributed by atoms with E-state index in [9.17, 15) is 13.2 Å². The lowest BCUT2D eigenvalue weighted by molar-refractivity contribution is -0.136. The smallest absolute Gasteiger partial charge is 0.333 e. The lowest BCUT2D eigenvalue weighted by Gasteiger charge is -2.34. The number of nitrogens with one attached hydrogen (secondary N) is 1. The molecule has 0 spiro atoms. The topological polar surface area (TPSA) is 130 Å². The maximum atomic E-state index is 11.7. The Morgan fingerprint density at radius 3 is 2.77 bits per heavy atom. The molecule has 0 heterocycles. The Bertz CT molecular complexity index is 582. The fraction of sp³-hybridized carbons (Fsp3) is 0.750. The zero-order chi connectivity index (χ0) is 16.8. The van der Waals surface area contributed by atoms with Crippen molar-refractivity contribution in [1.82, 2.24) is 4.72 Å². The Morgan fingerprint density at radius 1 is 1.59 bits per heavy atom. The first-order valence-corrected chi connectivity index (χ1v) is 8.63. The van der Waals surface area contributed by atoms with Crippen LogP contribution in [0.15, 0.2) is 16.8 Å². The maximum absolute atomic E-state index is 11.7. The van der Waals surface area contributed by atoms with Gasteiger partial charge in [-0.1, -0.05) is 12.0 Å². The number of methoxy groups -OCH3 is 1. The van der Waals surface area contributed by atoms with Crippen LogP contribution in [0.25, 0.3) is 10.4 Å². The van der Waals surface area contributed by atoms with Crippen molar-refractivity contribution in [2.75, 3.05) is 20.0 Å². The highest BCUT2D eigenvalue weighted by atomic mass is 32.2. The predicted octanol–water partition coefficient (Wildman–Crippen LogP) is 0.881. The van der Waals surface area contributed by atoms with Crippen LogP contribution in [0.1, 0.15) is 19.8 Å². The summed E-state index contributed by atoms with van der Waals surface area (Å²) in [6.45, 7) is 2.28. The second-order valence-corrected chi connectivity index (χ2v) is 6.69. The van der Waals surface area contributed by atoms with Crippen LogP contribution in [-0.2, 0) is 24.3 Å². The van der Waals surface area contributed by atoms with E-state index in [0.29, 0.717) is 12.2 Å². The molecule has 1 rings (SSSR count). The Morgan fingerprint density at radius 2 is 2.27 bits per heavy atom. The molecule has 0 fully saturated rings. The molecule has 3 atom stereocenters. The SMILES string of the molecule is CCCO[C@@H]1C=C(C(=O)OC)C[C@H](N=[N+]=[N-])[C@H]1NS(C)(=O)=O. The van der Waals surface area contributed by atoms with Gasteiger partial charge < -0.3 is 9.47 Å². The molecule has 0 saturated carbocycles. The summed E-state index contributed by atoms with van der Waals surface area (Å²) in [5.74, 6) is -0.555. The number of rotatable bonds is 7. The predicted molar refractivity (Wildman–Crippen MR) is 79.4 cm³/mol. The highest BCUT2D eigenvalue weighted by molar-refractivity contribution is 7.88. The molecule has 1 N–H and O–H groups in total. The van der Waals surface area contributed by atoms with Crippen LogP contribution in [0.5, 0.6) is 0 Å². The van der Waals surface area contributed by atoms with E-state index in [0.717, 1.165) is 12.7 Å². The van der Waals surface area contributed by atoms with E-state index in [2.05, 4.69) is 19.5 Å². The average Bonchev–Trinajstić information content (AvgIpc) is 2.45. The van der Waals surface area contributed by atoms with Gasteiger partial charge in [-0.05, 0) is 24.4 Å². The first kappa shape index (κ1) is 18.4. The van der Waals surface area contributed by atoms with Gasteiger partial charge in [-0.15, -0.1) is 0 Å². The fourth-order valence-electron chi connectivity index (χ4n) is 2.20. The van der Waals surface area contributed by atoms with E-state index < -0.39 is 34.2 Å². The van der Waals surface area contributed by atoms with Crippen molar-refractivity contribution in [3.05, 3.63) is 22.1 Å². The Balaban J connectivity index is 3.17. The zero-order valence-electron chi connectivity index (χ0n) is 12.7. The van der Waals surface area contributed by atoms with Gasteiger partial charge in [0, 0.05) is 17.1 Å². The minimum atomic E-state index is -3.53. The van der Waals surface area contributed by atoms with Gasteiger partial charge in [0.1, 0.15) is 0 Å². The van der Waals surface area contributed by atoms with Crippen molar-refractivity contribution in [3.8, 4) is 0 Å². The number of nitrogens with zero attached hydrogens (tertiary/aromatic N) is 3. The highest BCUT2D eigenvalue weighted by Crippen LogP contribution is 2.26. The molecular weight excluding hydrogens is 312 g/mol. The molecular formula is C12H20N4O5S. The van der Waals surface area contributed by atoms with Crippen LogP contribution in [0.2, 0.25) is 0 Å². The lowest BCUT2D eigenvalue weighted by atomic mass is 9.89. The second-order valence-electron chi connectivity index (χ2n) is 4.91. The van der Waals surface area contributed by atoms with E-state index in [1.807, 2.05) is 6.92 Å². The standard InChI is InChI=1S/C12H20N4O5S/c1-4-5-21-10-7-8(12(17)20-2)6-9(14-16-13)11(10)15-22(3,18)19/h7,9-11,15H,4-6H2,1-3H3/t9-,10+,11+/m0/s1. The molecule has 0 aromatic carbocycles. The number of hydrogen-bond donors (Lipinski definition) is 1. The van der Waals surface area contributed by atoms with Gasteiger partial charge in [-0.2, -0.15) is 0 Å². The van der Waals surface area contributed by atoms with Crippen molar-refractivity contribution in [3.63, 3.8) is 0 Å². The minimum Gasteiger partial charge on any atom is -0.466 e. The molecule has 0 aliphatic heterocycles. The lowest BCUT2D eigenvalue weighted by Crippen LogP contribution is -2.52. The third-order valence-corrected chi connectivity index (χ3v) is 3.78. The molecule has 9 nitrogen and oxygen atoms in total. The third kappa shape index (κ3) is 5.30. The summed E-state index contributed by atoms with van der Waals surface area (Å²) >= 11 is 0. The van der Waals surface area contributed by atoms with E-state index in [1.54, 1.807) is 0 Å². The molecule has 22 heavy (non-hydrogen) atoms. The van der Waals surface area contributed by atoms with Gasteiger partial charge in [0.15, 0.2) is 0 Å². The van der Waals surface area contributed by atoms with Gasteiger partial charge in [0.2, 0.25) is 10.0 Å². The number of carbonyl (C=O) groups is 1. The normalized spacial score (nSPS) is 25.0. The minimum absolute atomic E-state index is 0.0793. The second kappa shape index (κ2) is 8.14. The number of azide groups is 1. The summed E-state index contributed by atoms with van der Waals surface area (Å²) in [6.07, 6.45) is 2.61. The summed E-state index contributed by atoms with van der Waals surface area (Å²) in [4.78, 5) is 14.4. The zero-order valence-corrected chi connectivity index (χ0v) is 13.5. The van der Waals surface area contributed by atoms with Crippen molar-refractivity contribution in [2.24, 2.45) is 5.11 Å². The molecule has 1 aliphatic carbocycles. The summed E-state index contributed by atoms with van der Waals surface area (Å²) in [5.41, 5.74) is 8.98. The largest absolute Gasteiger partial charge is 0.466 e. The van der Waals surface area contributed by atoms with Gasteiger partial charge in [-0.25, -0.2) is 17.9 Å². The van der Waals surface area contributed by atoms with Crippen LogP contribution in [0.4, 0.5) is 0 Å². The van der Waals surface area contributed by atoms with Crippen molar-refractivity contribution < 1.29 is 22.7 Å². The van der Waals surface area contributed by atoms with Crippen molar-refractivity contribution in [1.29, 1.82) is 0 Å². The maximum Gasteiger partial charge on any atom is 0.333 e. The molecule has 124 valence electrons. The number of ether oxygens (including phenoxy) is 2. The Kier molecular flexibility index (Phi) is 6.82. The van der Waals surface area contributed by atoms with Gasteiger partial charge in [0.25, 0.3) is 0 Å². The molecule has 1 aliphatic rings.